The molecule has 0 heterocycles. The normalized spacial score (nSPS) is 11.6. The van der Waals surface area contributed by atoms with Crippen LogP contribution in [0.5, 0.6) is 0 Å². The van der Waals surface area contributed by atoms with Crippen LogP contribution in [0, 0.1) is 5.41 Å². The Morgan fingerprint density at radius 2 is 2.25 bits per heavy atom. The molecule has 46 valence electrons. The van der Waals surface area contributed by atoms with E-state index in [1.54, 1.807) is 7.05 Å². The van der Waals surface area contributed by atoms with E-state index in [4.69, 9.17) is 17.0 Å². The van der Waals surface area contributed by atoms with E-state index in [0.717, 1.165) is 0 Å². The number of aliphatic imine (C=N–C) groups is 1. The lowest BCUT2D eigenvalue weighted by atomic mass is 10.3. The Balaban J connectivity index is 3.83. The number of nitrogens with one attached hydrogen (secondary N) is 1. The van der Waals surface area contributed by atoms with Gasteiger partial charge in [-0.15, -0.1) is 0 Å². The molecule has 0 unspecified atom stereocenters. The second kappa shape index (κ2) is 3.61. The van der Waals surface area contributed by atoms with Crippen molar-refractivity contribution in [3.05, 3.63) is 0 Å². The highest BCUT2D eigenvalue weighted by Crippen LogP contribution is 1.90. The van der Waals surface area contributed by atoms with Gasteiger partial charge in [0.25, 0.3) is 0 Å². The van der Waals surface area contributed by atoms with Crippen LogP contribution in [0.4, 0.5) is 0 Å². The number of nitrogens with zero attached hydrogens (tertiary/aromatic N) is 1. The largest absolute Gasteiger partial charge is 0.302 e. The van der Waals surface area contributed by atoms with Gasteiger partial charge in [0.2, 0.25) is 0 Å². The van der Waals surface area contributed by atoms with E-state index in [-0.39, 0.29) is 0 Å². The average molecular weight is 133 g/mol. The van der Waals surface area contributed by atoms with E-state index in [0.29, 0.717) is 17.3 Å². The summed E-state index contributed by atoms with van der Waals surface area (Å²) in [7, 11) is 1.58. The molecule has 0 bridgehead atoms. The van der Waals surface area contributed by atoms with Crippen LogP contribution in [0.15, 0.2) is 4.99 Å². The first-order valence-electron chi connectivity index (χ1n) is 2.42. The van der Waals surface area contributed by atoms with Crippen LogP contribution < -0.4 is 0 Å². The summed E-state index contributed by atoms with van der Waals surface area (Å²) in [6, 6.07) is 0. The molecule has 0 atom stereocenters. The predicted molar refractivity (Wildman–Crippen MR) is 37.2 cm³/mol. The Labute approximate surface area is 54.1 Å². The summed E-state index contributed by atoms with van der Waals surface area (Å²) in [6.45, 7) is 1.87. The molecular weight excluding hydrogens is 124 g/mol. The van der Waals surface area contributed by atoms with Crippen molar-refractivity contribution in [3.8, 4) is 0 Å². The first-order valence-corrected chi connectivity index (χ1v) is 2.80. The molecule has 2 nitrogen and oxygen atoms in total. The van der Waals surface area contributed by atoms with Crippen LogP contribution in [-0.2, 0) is 0 Å². The lowest BCUT2D eigenvalue weighted by molar-refractivity contribution is 1.27. The Hall–Kier alpha value is -0.370. The SMILES string of the molecule is CCC(=N)C(Cl)=NC. The van der Waals surface area contributed by atoms with Crippen molar-refractivity contribution in [2.75, 3.05) is 7.05 Å². The maximum absolute atomic E-state index is 7.08. The van der Waals surface area contributed by atoms with Crippen molar-refractivity contribution in [1.29, 1.82) is 5.41 Å². The first-order chi connectivity index (χ1) is 3.72. The number of rotatable bonds is 2. The highest BCUT2D eigenvalue weighted by atomic mass is 35.5. The summed E-state index contributed by atoms with van der Waals surface area (Å²) in [5.41, 5.74) is 0.397. The highest BCUT2D eigenvalue weighted by molar-refractivity contribution is 6.83. The summed E-state index contributed by atoms with van der Waals surface area (Å²) in [5.74, 6) is 0. The van der Waals surface area contributed by atoms with Gasteiger partial charge in [-0.1, -0.05) is 18.5 Å². The molecule has 0 aromatic carbocycles. The van der Waals surface area contributed by atoms with Crippen molar-refractivity contribution in [2.45, 2.75) is 13.3 Å². The quantitative estimate of drug-likeness (QED) is 0.555. The molecule has 0 aliphatic rings. The van der Waals surface area contributed by atoms with Gasteiger partial charge in [0.05, 0.1) is 5.71 Å². The molecule has 0 aliphatic heterocycles. The van der Waals surface area contributed by atoms with Crippen LogP contribution >= 0.6 is 11.6 Å². The maximum Gasteiger partial charge on any atom is 0.144 e. The summed E-state index contributed by atoms with van der Waals surface area (Å²) < 4.78 is 0. The molecule has 8 heavy (non-hydrogen) atoms. The van der Waals surface area contributed by atoms with E-state index in [1.165, 1.54) is 0 Å². The van der Waals surface area contributed by atoms with Gasteiger partial charge >= 0.3 is 0 Å². The molecule has 0 spiro atoms. The highest BCUT2D eigenvalue weighted by Gasteiger charge is 1.96. The molecule has 0 fully saturated rings. The molecule has 0 rings (SSSR count). The third kappa shape index (κ3) is 2.07. The van der Waals surface area contributed by atoms with Crippen LogP contribution in [0.2, 0.25) is 0 Å². The van der Waals surface area contributed by atoms with Crippen molar-refractivity contribution in [2.24, 2.45) is 4.99 Å². The fourth-order valence-corrected chi connectivity index (χ4v) is 0.414. The molecule has 1 N–H and O–H groups in total. The van der Waals surface area contributed by atoms with Gasteiger partial charge in [-0.05, 0) is 6.42 Å². The van der Waals surface area contributed by atoms with Gasteiger partial charge < -0.3 is 5.41 Å². The molecule has 3 heteroatoms. The molecule has 0 aromatic rings. The minimum Gasteiger partial charge on any atom is -0.302 e. The standard InChI is InChI=1S/C5H9ClN2/c1-3-4(7)5(6)8-2/h7H,3H2,1-2H3. The maximum atomic E-state index is 7.08. The summed E-state index contributed by atoms with van der Waals surface area (Å²) in [4.78, 5) is 3.62. The molecule has 0 amide bonds. The zero-order chi connectivity index (χ0) is 6.57. The van der Waals surface area contributed by atoms with Gasteiger partial charge in [0, 0.05) is 7.05 Å². The third-order valence-corrected chi connectivity index (χ3v) is 1.20. The third-order valence-electron chi connectivity index (χ3n) is 0.799. The van der Waals surface area contributed by atoms with Crippen molar-refractivity contribution >= 4 is 22.5 Å². The molecular formula is C5H9ClN2. The fraction of sp³-hybridized carbons (Fsp3) is 0.600. The predicted octanol–water partition coefficient (Wildman–Crippen LogP) is 1.68. The van der Waals surface area contributed by atoms with Gasteiger partial charge in [0.1, 0.15) is 5.17 Å². The molecule has 0 saturated carbocycles. The van der Waals surface area contributed by atoms with Gasteiger partial charge in [-0.2, -0.15) is 0 Å². The first kappa shape index (κ1) is 7.63. The van der Waals surface area contributed by atoms with E-state index in [1.807, 2.05) is 6.92 Å². The van der Waals surface area contributed by atoms with Crippen LogP contribution in [0.1, 0.15) is 13.3 Å². The monoisotopic (exact) mass is 132 g/mol. The summed E-state index contributed by atoms with van der Waals surface area (Å²) >= 11 is 5.44. The van der Waals surface area contributed by atoms with Crippen molar-refractivity contribution in [1.82, 2.24) is 0 Å². The number of halogens is 1. The Morgan fingerprint density at radius 3 is 2.38 bits per heavy atom. The van der Waals surface area contributed by atoms with Gasteiger partial charge in [-0.3, -0.25) is 4.99 Å². The number of hydrogen-bond acceptors (Lipinski definition) is 2. The van der Waals surface area contributed by atoms with Gasteiger partial charge in [-0.25, -0.2) is 0 Å². The zero-order valence-corrected chi connectivity index (χ0v) is 5.79. The molecule has 0 aliphatic carbocycles. The van der Waals surface area contributed by atoms with Crippen molar-refractivity contribution < 1.29 is 0 Å². The topological polar surface area (TPSA) is 36.2 Å². The second-order valence-corrected chi connectivity index (χ2v) is 1.70. The van der Waals surface area contributed by atoms with E-state index >= 15 is 0 Å². The second-order valence-electron chi connectivity index (χ2n) is 1.35. The van der Waals surface area contributed by atoms with E-state index in [9.17, 15) is 0 Å². The average Bonchev–Trinajstić information content (AvgIpc) is 1.84. The zero-order valence-electron chi connectivity index (χ0n) is 5.03. The fourth-order valence-electron chi connectivity index (χ4n) is 0.281. The van der Waals surface area contributed by atoms with Crippen molar-refractivity contribution in [3.63, 3.8) is 0 Å². The Morgan fingerprint density at radius 1 is 1.75 bits per heavy atom. The molecule has 0 aromatic heterocycles. The summed E-state index contributed by atoms with van der Waals surface area (Å²) in [6.07, 6.45) is 0.649. The minimum atomic E-state index is 0.313. The Kier molecular flexibility index (Phi) is 3.44. The lowest BCUT2D eigenvalue weighted by Gasteiger charge is -1.91. The smallest absolute Gasteiger partial charge is 0.144 e. The van der Waals surface area contributed by atoms with Crippen LogP contribution in [-0.4, -0.2) is 17.9 Å². The van der Waals surface area contributed by atoms with Gasteiger partial charge in [0.15, 0.2) is 0 Å². The number of hydrogen-bond donors (Lipinski definition) is 1. The van der Waals surface area contributed by atoms with E-state index < -0.39 is 0 Å². The molecule has 0 radical (unpaired) electrons. The van der Waals surface area contributed by atoms with Crippen LogP contribution in [0.3, 0.4) is 0 Å². The van der Waals surface area contributed by atoms with Crippen LogP contribution in [0.25, 0.3) is 0 Å². The van der Waals surface area contributed by atoms with E-state index in [2.05, 4.69) is 4.99 Å². The summed E-state index contributed by atoms with van der Waals surface area (Å²) in [5, 5.41) is 7.39. The Bertz CT molecular complexity index is 118. The molecule has 0 saturated heterocycles. The lowest BCUT2D eigenvalue weighted by Crippen LogP contribution is -2.03. The minimum absolute atomic E-state index is 0.313.